The van der Waals surface area contributed by atoms with Crippen molar-refractivity contribution in [3.63, 3.8) is 0 Å². The number of benzene rings is 1. The van der Waals surface area contributed by atoms with Crippen LogP contribution < -0.4 is 10.6 Å². The van der Waals surface area contributed by atoms with E-state index in [-0.39, 0.29) is 6.04 Å². The highest BCUT2D eigenvalue weighted by molar-refractivity contribution is 5.47. The molecule has 1 rings (SSSR count). The molecule has 0 aromatic heterocycles. The van der Waals surface area contributed by atoms with Crippen molar-refractivity contribution in [1.82, 2.24) is 4.90 Å². The third-order valence-electron chi connectivity index (χ3n) is 4.04. The molecule has 0 heterocycles. The van der Waals surface area contributed by atoms with E-state index in [0.29, 0.717) is 0 Å². The van der Waals surface area contributed by atoms with Crippen molar-refractivity contribution in [2.45, 2.75) is 46.6 Å². The first-order valence-electron chi connectivity index (χ1n) is 8.42. The van der Waals surface area contributed by atoms with E-state index in [1.54, 1.807) is 0 Å². The molecule has 1 aromatic rings. The van der Waals surface area contributed by atoms with E-state index in [9.17, 15) is 0 Å². The predicted octanol–water partition coefficient (Wildman–Crippen LogP) is 3.13. The molecule has 0 saturated carbocycles. The Bertz CT molecular complexity index is 369. The number of nitrogens with zero attached hydrogens (tertiary/aromatic N) is 2. The molecule has 1 aromatic carbocycles. The Kier molecular flexibility index (Phi) is 8.40. The van der Waals surface area contributed by atoms with E-state index in [4.69, 9.17) is 5.73 Å². The number of anilines is 1. The van der Waals surface area contributed by atoms with E-state index in [1.165, 1.54) is 24.2 Å². The van der Waals surface area contributed by atoms with Crippen molar-refractivity contribution in [3.8, 4) is 0 Å². The van der Waals surface area contributed by atoms with Gasteiger partial charge in [-0.25, -0.2) is 0 Å². The van der Waals surface area contributed by atoms with E-state index >= 15 is 0 Å². The first kappa shape index (κ1) is 18.0. The first-order chi connectivity index (χ1) is 10.1. The second-order valence-electron chi connectivity index (χ2n) is 5.81. The van der Waals surface area contributed by atoms with Crippen LogP contribution in [0, 0.1) is 0 Å². The number of hydrogen-bond donors (Lipinski definition) is 1. The largest absolute Gasteiger partial charge is 0.372 e. The minimum atomic E-state index is 0.229. The van der Waals surface area contributed by atoms with Crippen molar-refractivity contribution in [1.29, 1.82) is 0 Å². The summed E-state index contributed by atoms with van der Waals surface area (Å²) in [7, 11) is 0. The topological polar surface area (TPSA) is 32.5 Å². The molecule has 0 aliphatic heterocycles. The lowest BCUT2D eigenvalue weighted by molar-refractivity contribution is 0.301. The highest BCUT2D eigenvalue weighted by atomic mass is 15.1. The normalized spacial score (nSPS) is 12.7. The molecule has 0 saturated heterocycles. The van der Waals surface area contributed by atoms with Crippen LogP contribution in [0.1, 0.15) is 39.7 Å². The zero-order chi connectivity index (χ0) is 15.7. The van der Waals surface area contributed by atoms with Gasteiger partial charge in [-0.1, -0.05) is 26.0 Å². The second-order valence-corrected chi connectivity index (χ2v) is 5.81. The predicted molar refractivity (Wildman–Crippen MR) is 94.1 cm³/mol. The smallest absolute Gasteiger partial charge is 0.0366 e. The van der Waals surface area contributed by atoms with Crippen molar-refractivity contribution in [2.24, 2.45) is 5.73 Å². The molecule has 1 atom stereocenters. The molecule has 0 aliphatic carbocycles. The molecule has 0 spiro atoms. The molecule has 0 fully saturated rings. The molecule has 1 unspecified atom stereocenters. The maximum absolute atomic E-state index is 5.85. The van der Waals surface area contributed by atoms with Crippen LogP contribution in [0.15, 0.2) is 24.3 Å². The van der Waals surface area contributed by atoms with Crippen LogP contribution in [0.3, 0.4) is 0 Å². The molecule has 0 radical (unpaired) electrons. The van der Waals surface area contributed by atoms with Crippen LogP contribution in [-0.4, -0.2) is 43.7 Å². The number of hydrogen-bond acceptors (Lipinski definition) is 3. The lowest BCUT2D eigenvalue weighted by Gasteiger charge is -2.25. The maximum atomic E-state index is 5.85. The monoisotopic (exact) mass is 291 g/mol. The zero-order valence-electron chi connectivity index (χ0n) is 14.3. The Morgan fingerprint density at radius 1 is 0.952 bits per heavy atom. The number of nitrogens with two attached hydrogens (primary N) is 1. The third-order valence-corrected chi connectivity index (χ3v) is 4.04. The van der Waals surface area contributed by atoms with Crippen LogP contribution in [0.2, 0.25) is 0 Å². The molecule has 120 valence electrons. The Labute approximate surface area is 131 Å². The summed E-state index contributed by atoms with van der Waals surface area (Å²) >= 11 is 0. The van der Waals surface area contributed by atoms with Gasteiger partial charge in [-0.2, -0.15) is 0 Å². The minimum Gasteiger partial charge on any atom is -0.372 e. The summed E-state index contributed by atoms with van der Waals surface area (Å²) in [5.74, 6) is 0. The van der Waals surface area contributed by atoms with Crippen LogP contribution in [0.4, 0.5) is 5.69 Å². The van der Waals surface area contributed by atoms with Gasteiger partial charge in [0, 0.05) is 24.8 Å². The van der Waals surface area contributed by atoms with Crippen LogP contribution >= 0.6 is 0 Å². The average Bonchev–Trinajstić information content (AvgIpc) is 2.48. The summed E-state index contributed by atoms with van der Waals surface area (Å²) < 4.78 is 0. The third kappa shape index (κ3) is 6.49. The van der Waals surface area contributed by atoms with Crippen LogP contribution in [0.25, 0.3) is 0 Å². The first-order valence-corrected chi connectivity index (χ1v) is 8.42. The summed E-state index contributed by atoms with van der Waals surface area (Å²) in [4.78, 5) is 4.94. The van der Waals surface area contributed by atoms with Gasteiger partial charge in [-0.15, -0.1) is 0 Å². The van der Waals surface area contributed by atoms with Gasteiger partial charge in [0.1, 0.15) is 0 Å². The van der Waals surface area contributed by atoms with Crippen molar-refractivity contribution >= 4 is 5.69 Å². The Morgan fingerprint density at radius 3 is 2.05 bits per heavy atom. The van der Waals surface area contributed by atoms with E-state index < -0.39 is 0 Å². The van der Waals surface area contributed by atoms with Gasteiger partial charge in [0.15, 0.2) is 0 Å². The fourth-order valence-electron chi connectivity index (χ4n) is 2.71. The molecular weight excluding hydrogens is 258 g/mol. The number of rotatable bonds is 10. The SMILES string of the molecule is CCN(CC)CCCN(CC)c1ccc(CC(C)N)cc1. The molecule has 3 nitrogen and oxygen atoms in total. The van der Waals surface area contributed by atoms with Crippen molar-refractivity contribution < 1.29 is 0 Å². The van der Waals surface area contributed by atoms with E-state index in [1.807, 2.05) is 0 Å². The van der Waals surface area contributed by atoms with E-state index in [0.717, 1.165) is 32.6 Å². The fourth-order valence-corrected chi connectivity index (χ4v) is 2.71. The van der Waals surface area contributed by atoms with E-state index in [2.05, 4.69) is 61.8 Å². The maximum Gasteiger partial charge on any atom is 0.0366 e. The van der Waals surface area contributed by atoms with Crippen molar-refractivity contribution in [2.75, 3.05) is 37.6 Å². The summed E-state index contributed by atoms with van der Waals surface area (Å²) in [5, 5.41) is 0. The summed E-state index contributed by atoms with van der Waals surface area (Å²) in [6, 6.07) is 9.13. The minimum absolute atomic E-state index is 0.229. The quantitative estimate of drug-likeness (QED) is 0.719. The molecule has 21 heavy (non-hydrogen) atoms. The van der Waals surface area contributed by atoms with Crippen LogP contribution in [-0.2, 0) is 6.42 Å². The second kappa shape index (κ2) is 9.80. The van der Waals surface area contributed by atoms with Gasteiger partial charge < -0.3 is 15.5 Å². The van der Waals surface area contributed by atoms with Crippen LogP contribution in [0.5, 0.6) is 0 Å². The average molecular weight is 291 g/mol. The van der Waals surface area contributed by atoms with Gasteiger partial charge >= 0.3 is 0 Å². The van der Waals surface area contributed by atoms with Gasteiger partial charge in [-0.3, -0.25) is 0 Å². The van der Waals surface area contributed by atoms with Gasteiger partial charge in [0.25, 0.3) is 0 Å². The molecule has 0 aliphatic rings. The highest BCUT2D eigenvalue weighted by Gasteiger charge is 2.06. The lowest BCUT2D eigenvalue weighted by atomic mass is 10.1. The Balaban J connectivity index is 2.51. The molecule has 2 N–H and O–H groups in total. The van der Waals surface area contributed by atoms with Gasteiger partial charge in [0.2, 0.25) is 0 Å². The lowest BCUT2D eigenvalue weighted by Crippen LogP contribution is -2.30. The fraction of sp³-hybridized carbons (Fsp3) is 0.667. The zero-order valence-corrected chi connectivity index (χ0v) is 14.3. The Morgan fingerprint density at radius 2 is 1.57 bits per heavy atom. The Hall–Kier alpha value is -1.06. The standard InChI is InChI=1S/C18H33N3/c1-5-20(6-2)13-8-14-21(7-3)18-11-9-17(10-12-18)15-16(4)19/h9-12,16H,5-8,13-15,19H2,1-4H3. The summed E-state index contributed by atoms with van der Waals surface area (Å²) in [6.45, 7) is 14.4. The molecule has 3 heteroatoms. The van der Waals surface area contributed by atoms with Gasteiger partial charge in [-0.05, 0) is 64.0 Å². The van der Waals surface area contributed by atoms with Gasteiger partial charge in [0.05, 0.1) is 0 Å². The summed E-state index contributed by atoms with van der Waals surface area (Å²) in [6.07, 6.45) is 2.17. The summed E-state index contributed by atoms with van der Waals surface area (Å²) in [5.41, 5.74) is 8.51. The molecule has 0 bridgehead atoms. The highest BCUT2D eigenvalue weighted by Crippen LogP contribution is 2.16. The van der Waals surface area contributed by atoms with Crippen molar-refractivity contribution in [3.05, 3.63) is 29.8 Å². The molecular formula is C18H33N3. The molecule has 0 amide bonds.